The summed E-state index contributed by atoms with van der Waals surface area (Å²) in [6.07, 6.45) is 2.70. The number of hydrogen-bond donors (Lipinski definition) is 2. The van der Waals surface area contributed by atoms with Crippen molar-refractivity contribution in [2.75, 3.05) is 11.9 Å². The first kappa shape index (κ1) is 12.6. The topological polar surface area (TPSA) is 54.0 Å². The Labute approximate surface area is 96.5 Å². The molecule has 2 N–H and O–H groups in total. The van der Waals surface area contributed by atoms with Crippen LogP contribution in [0.5, 0.6) is 0 Å². The normalized spacial score (nSPS) is 12.2. The molecule has 4 nitrogen and oxygen atoms in total. The van der Waals surface area contributed by atoms with E-state index >= 15 is 0 Å². The highest BCUT2D eigenvalue weighted by molar-refractivity contribution is 5.92. The van der Waals surface area contributed by atoms with Gasteiger partial charge in [0.2, 0.25) is 5.91 Å². The molecule has 0 bridgehead atoms. The number of pyridine rings is 1. The van der Waals surface area contributed by atoms with Gasteiger partial charge in [0, 0.05) is 23.6 Å². The largest absolute Gasteiger partial charge is 0.325 e. The van der Waals surface area contributed by atoms with Gasteiger partial charge in [-0.2, -0.15) is 0 Å². The van der Waals surface area contributed by atoms with Crippen molar-refractivity contribution < 1.29 is 4.79 Å². The zero-order chi connectivity index (χ0) is 12.0. The van der Waals surface area contributed by atoms with Gasteiger partial charge in [-0.15, -0.1) is 0 Å². The molecule has 1 heterocycles. The van der Waals surface area contributed by atoms with E-state index in [0.717, 1.165) is 17.8 Å². The summed E-state index contributed by atoms with van der Waals surface area (Å²) < 4.78 is 0. The first-order chi connectivity index (χ1) is 7.61. The van der Waals surface area contributed by atoms with Gasteiger partial charge in [0.05, 0.1) is 6.54 Å². The van der Waals surface area contributed by atoms with Crippen LogP contribution < -0.4 is 10.6 Å². The third-order valence-electron chi connectivity index (χ3n) is 2.40. The van der Waals surface area contributed by atoms with E-state index in [2.05, 4.69) is 29.5 Å². The van der Waals surface area contributed by atoms with Crippen molar-refractivity contribution in [3.8, 4) is 0 Å². The quantitative estimate of drug-likeness (QED) is 0.796. The minimum atomic E-state index is -0.0223. The predicted molar refractivity (Wildman–Crippen MR) is 65.4 cm³/mol. The van der Waals surface area contributed by atoms with E-state index < -0.39 is 0 Å². The van der Waals surface area contributed by atoms with Crippen LogP contribution in [0.4, 0.5) is 5.69 Å². The van der Waals surface area contributed by atoms with Gasteiger partial charge in [0.15, 0.2) is 0 Å². The van der Waals surface area contributed by atoms with Gasteiger partial charge in [-0.1, -0.05) is 6.92 Å². The van der Waals surface area contributed by atoms with Gasteiger partial charge < -0.3 is 10.6 Å². The third-order valence-corrected chi connectivity index (χ3v) is 2.40. The van der Waals surface area contributed by atoms with Crippen molar-refractivity contribution >= 4 is 11.6 Å². The van der Waals surface area contributed by atoms with Crippen LogP contribution in [0.2, 0.25) is 0 Å². The monoisotopic (exact) mass is 221 g/mol. The highest BCUT2D eigenvalue weighted by Gasteiger charge is 2.04. The van der Waals surface area contributed by atoms with E-state index in [1.807, 2.05) is 13.0 Å². The van der Waals surface area contributed by atoms with Gasteiger partial charge in [-0.3, -0.25) is 9.78 Å². The fourth-order valence-electron chi connectivity index (χ4n) is 1.24. The summed E-state index contributed by atoms with van der Waals surface area (Å²) in [5, 5.41) is 5.96. The molecule has 0 aromatic carbocycles. The fraction of sp³-hybridized carbons (Fsp3) is 0.500. The number of carbonyl (C=O) groups excluding carboxylic acids is 1. The number of hydrogen-bond acceptors (Lipinski definition) is 3. The molecule has 0 radical (unpaired) electrons. The Hall–Kier alpha value is -1.42. The molecule has 1 unspecified atom stereocenters. The zero-order valence-electron chi connectivity index (χ0n) is 10.1. The van der Waals surface area contributed by atoms with Crippen LogP contribution in [0.1, 0.15) is 26.0 Å². The highest BCUT2D eigenvalue weighted by Crippen LogP contribution is 2.06. The summed E-state index contributed by atoms with van der Waals surface area (Å²) in [5.74, 6) is -0.0223. The van der Waals surface area contributed by atoms with Crippen molar-refractivity contribution in [1.82, 2.24) is 10.3 Å². The summed E-state index contributed by atoms with van der Waals surface area (Å²) in [4.78, 5) is 15.6. The first-order valence-corrected chi connectivity index (χ1v) is 5.57. The highest BCUT2D eigenvalue weighted by atomic mass is 16.1. The number of aromatic nitrogens is 1. The van der Waals surface area contributed by atoms with Gasteiger partial charge in [0.1, 0.15) is 0 Å². The molecule has 88 valence electrons. The van der Waals surface area contributed by atoms with E-state index in [1.54, 1.807) is 12.3 Å². The van der Waals surface area contributed by atoms with Crippen molar-refractivity contribution in [2.45, 2.75) is 33.2 Å². The number of carbonyl (C=O) groups is 1. The molecule has 0 aliphatic rings. The Morgan fingerprint density at radius 3 is 2.94 bits per heavy atom. The molecule has 0 aliphatic heterocycles. The lowest BCUT2D eigenvalue weighted by Gasteiger charge is -2.11. The average molecular weight is 221 g/mol. The van der Waals surface area contributed by atoms with E-state index in [-0.39, 0.29) is 5.91 Å². The first-order valence-electron chi connectivity index (χ1n) is 5.57. The van der Waals surface area contributed by atoms with Crippen LogP contribution in [0.25, 0.3) is 0 Å². The molecule has 0 fully saturated rings. The number of rotatable bonds is 5. The Bertz CT molecular complexity index is 352. The van der Waals surface area contributed by atoms with Crippen molar-refractivity contribution in [3.05, 3.63) is 24.0 Å². The minimum absolute atomic E-state index is 0.0223. The van der Waals surface area contributed by atoms with Gasteiger partial charge in [0.25, 0.3) is 0 Å². The van der Waals surface area contributed by atoms with Crippen LogP contribution in [-0.2, 0) is 4.79 Å². The number of aryl methyl sites for hydroxylation is 1. The van der Waals surface area contributed by atoms with Crippen LogP contribution in [-0.4, -0.2) is 23.5 Å². The van der Waals surface area contributed by atoms with Crippen molar-refractivity contribution in [1.29, 1.82) is 0 Å². The molecule has 16 heavy (non-hydrogen) atoms. The number of nitrogens with zero attached hydrogens (tertiary/aromatic N) is 1. The fourth-order valence-corrected chi connectivity index (χ4v) is 1.24. The van der Waals surface area contributed by atoms with Crippen LogP contribution in [0.3, 0.4) is 0 Å². The molecular formula is C12H19N3O. The molecule has 1 aromatic rings. The summed E-state index contributed by atoms with van der Waals surface area (Å²) in [5.41, 5.74) is 1.69. The molecule has 1 amide bonds. The van der Waals surface area contributed by atoms with Gasteiger partial charge >= 0.3 is 0 Å². The number of anilines is 1. The van der Waals surface area contributed by atoms with Crippen molar-refractivity contribution in [2.24, 2.45) is 0 Å². The lowest BCUT2D eigenvalue weighted by atomic mass is 10.2. The second-order valence-corrected chi connectivity index (χ2v) is 3.92. The summed E-state index contributed by atoms with van der Waals surface area (Å²) in [7, 11) is 0. The molecule has 1 rings (SSSR count). The Morgan fingerprint density at radius 1 is 1.56 bits per heavy atom. The predicted octanol–water partition coefficient (Wildman–Crippen LogP) is 1.72. The van der Waals surface area contributed by atoms with E-state index in [0.29, 0.717) is 12.6 Å². The molecule has 0 spiro atoms. The molecule has 0 saturated heterocycles. The summed E-state index contributed by atoms with van der Waals surface area (Å²) in [6, 6.07) is 4.00. The summed E-state index contributed by atoms with van der Waals surface area (Å²) in [6.45, 7) is 6.38. The van der Waals surface area contributed by atoms with Crippen molar-refractivity contribution in [3.63, 3.8) is 0 Å². The minimum Gasteiger partial charge on any atom is -0.325 e. The second kappa shape index (κ2) is 6.23. The lowest BCUT2D eigenvalue weighted by molar-refractivity contribution is -0.115. The van der Waals surface area contributed by atoms with E-state index in [1.165, 1.54) is 0 Å². The maximum atomic E-state index is 11.6. The van der Waals surface area contributed by atoms with E-state index in [4.69, 9.17) is 0 Å². The molecule has 1 atom stereocenters. The molecule has 0 saturated carbocycles. The lowest BCUT2D eigenvalue weighted by Crippen LogP contribution is -2.33. The Kier molecular flexibility index (Phi) is 4.92. The van der Waals surface area contributed by atoms with Crippen LogP contribution in [0.15, 0.2) is 18.3 Å². The van der Waals surface area contributed by atoms with Crippen LogP contribution >= 0.6 is 0 Å². The number of amides is 1. The smallest absolute Gasteiger partial charge is 0.238 e. The molecule has 1 aromatic heterocycles. The Balaban J connectivity index is 2.40. The standard InChI is InChI=1S/C12H19N3O/c1-4-9(2)14-8-12(16)15-11-5-6-13-10(3)7-11/h5-7,9,14H,4,8H2,1-3H3,(H,13,15,16). The zero-order valence-corrected chi connectivity index (χ0v) is 10.1. The Morgan fingerprint density at radius 2 is 2.31 bits per heavy atom. The second-order valence-electron chi connectivity index (χ2n) is 3.92. The van der Waals surface area contributed by atoms with E-state index in [9.17, 15) is 4.79 Å². The molecular weight excluding hydrogens is 202 g/mol. The van der Waals surface area contributed by atoms with Gasteiger partial charge in [-0.25, -0.2) is 0 Å². The maximum Gasteiger partial charge on any atom is 0.238 e. The van der Waals surface area contributed by atoms with Crippen LogP contribution in [0, 0.1) is 6.92 Å². The molecule has 4 heteroatoms. The van der Waals surface area contributed by atoms with Gasteiger partial charge in [-0.05, 0) is 32.4 Å². The maximum absolute atomic E-state index is 11.6. The summed E-state index contributed by atoms with van der Waals surface area (Å²) >= 11 is 0. The average Bonchev–Trinajstić information content (AvgIpc) is 2.26. The number of nitrogens with one attached hydrogen (secondary N) is 2. The SMILES string of the molecule is CCC(C)NCC(=O)Nc1ccnc(C)c1. The third kappa shape index (κ3) is 4.40. The molecule has 0 aliphatic carbocycles.